The van der Waals surface area contributed by atoms with E-state index in [4.69, 9.17) is 0 Å². The van der Waals surface area contributed by atoms with E-state index in [0.29, 0.717) is 0 Å². The van der Waals surface area contributed by atoms with Gasteiger partial charge in [-0.15, -0.1) is 0 Å². The van der Waals surface area contributed by atoms with Crippen LogP contribution >= 0.6 is 0 Å². The zero-order chi connectivity index (χ0) is 8.67. The van der Waals surface area contributed by atoms with Gasteiger partial charge in [-0.2, -0.15) is 0 Å². The van der Waals surface area contributed by atoms with Crippen LogP contribution in [0, 0.1) is 11.8 Å². The summed E-state index contributed by atoms with van der Waals surface area (Å²) >= 11 is 0. The number of nitrogens with zero attached hydrogens (tertiary/aromatic N) is 1. The first kappa shape index (κ1) is 8.28. The van der Waals surface area contributed by atoms with Crippen LogP contribution in [-0.4, -0.2) is 24.0 Å². The zero-order valence-electron chi connectivity index (χ0n) is 8.54. The van der Waals surface area contributed by atoms with Crippen LogP contribution in [0.1, 0.15) is 44.9 Å². The Hall–Kier alpha value is -0.0400. The molecular formula is C12H21N. The lowest BCUT2D eigenvalue weighted by Crippen LogP contribution is -2.37. The fourth-order valence-corrected chi connectivity index (χ4v) is 3.10. The van der Waals surface area contributed by atoms with Gasteiger partial charge in [0, 0.05) is 12.6 Å². The molecule has 1 atom stereocenters. The van der Waals surface area contributed by atoms with Crippen molar-refractivity contribution in [2.45, 2.75) is 51.0 Å². The van der Waals surface area contributed by atoms with Gasteiger partial charge < -0.3 is 0 Å². The Labute approximate surface area is 81.5 Å². The van der Waals surface area contributed by atoms with E-state index in [-0.39, 0.29) is 0 Å². The molecule has 1 nitrogen and oxygen atoms in total. The highest BCUT2D eigenvalue weighted by Crippen LogP contribution is 2.41. The highest BCUT2D eigenvalue weighted by Gasteiger charge is 2.38. The van der Waals surface area contributed by atoms with E-state index < -0.39 is 0 Å². The van der Waals surface area contributed by atoms with E-state index in [2.05, 4.69) is 4.90 Å². The lowest BCUT2D eigenvalue weighted by Gasteiger charge is -2.33. The first-order chi connectivity index (χ1) is 6.43. The first-order valence-electron chi connectivity index (χ1n) is 6.17. The van der Waals surface area contributed by atoms with Crippen molar-refractivity contribution in [2.24, 2.45) is 11.8 Å². The second kappa shape index (κ2) is 3.27. The topological polar surface area (TPSA) is 3.24 Å². The van der Waals surface area contributed by atoms with Crippen molar-refractivity contribution in [3.05, 3.63) is 0 Å². The molecule has 3 rings (SSSR count). The Kier molecular flexibility index (Phi) is 2.08. The number of hydrogen-bond donors (Lipinski definition) is 0. The molecule has 3 fully saturated rings. The van der Waals surface area contributed by atoms with Gasteiger partial charge in [0.1, 0.15) is 0 Å². The molecule has 1 heteroatoms. The molecular weight excluding hydrogens is 158 g/mol. The van der Waals surface area contributed by atoms with Crippen molar-refractivity contribution in [3.63, 3.8) is 0 Å². The summed E-state index contributed by atoms with van der Waals surface area (Å²) < 4.78 is 0. The summed E-state index contributed by atoms with van der Waals surface area (Å²) in [5, 5.41) is 0. The molecule has 3 aliphatic rings. The lowest BCUT2D eigenvalue weighted by atomic mass is 9.85. The average molecular weight is 179 g/mol. The summed E-state index contributed by atoms with van der Waals surface area (Å²) in [6, 6.07) is 1.01. The van der Waals surface area contributed by atoms with E-state index in [1.807, 2.05) is 0 Å². The predicted octanol–water partition coefficient (Wildman–Crippen LogP) is 2.66. The Morgan fingerprint density at radius 2 is 1.77 bits per heavy atom. The molecule has 1 heterocycles. The summed E-state index contributed by atoms with van der Waals surface area (Å²) in [7, 11) is 0. The minimum atomic E-state index is 1.01. The average Bonchev–Trinajstić information content (AvgIpc) is 2.79. The van der Waals surface area contributed by atoms with Crippen LogP contribution in [-0.2, 0) is 0 Å². The molecule has 0 aromatic rings. The van der Waals surface area contributed by atoms with Gasteiger partial charge >= 0.3 is 0 Å². The maximum absolute atomic E-state index is 2.82. The largest absolute Gasteiger partial charge is 0.300 e. The Balaban J connectivity index is 1.54. The number of likely N-dealkylation sites (tertiary alicyclic amines) is 1. The standard InChI is InChI=1S/C12H21N/c1-3-10(4-1)9-13-8-2-5-12(13)11-6-7-11/h10-12H,1-9H2. The fourth-order valence-electron chi connectivity index (χ4n) is 3.10. The van der Waals surface area contributed by atoms with Crippen molar-refractivity contribution in [3.8, 4) is 0 Å². The van der Waals surface area contributed by atoms with Gasteiger partial charge in [0.25, 0.3) is 0 Å². The van der Waals surface area contributed by atoms with Gasteiger partial charge in [-0.25, -0.2) is 0 Å². The van der Waals surface area contributed by atoms with Crippen molar-refractivity contribution in [2.75, 3.05) is 13.1 Å². The molecule has 2 saturated carbocycles. The minimum Gasteiger partial charge on any atom is -0.300 e. The molecule has 74 valence electrons. The quantitative estimate of drug-likeness (QED) is 0.644. The molecule has 1 saturated heterocycles. The van der Waals surface area contributed by atoms with E-state index in [9.17, 15) is 0 Å². The van der Waals surface area contributed by atoms with E-state index >= 15 is 0 Å². The molecule has 0 radical (unpaired) electrons. The molecule has 0 bridgehead atoms. The Morgan fingerprint density at radius 3 is 2.38 bits per heavy atom. The maximum atomic E-state index is 2.82. The van der Waals surface area contributed by atoms with E-state index in [1.165, 1.54) is 58.0 Å². The zero-order valence-corrected chi connectivity index (χ0v) is 8.54. The SMILES string of the molecule is C1CC(CN2CCCC2C2CC2)C1. The summed E-state index contributed by atoms with van der Waals surface area (Å²) in [5.41, 5.74) is 0. The van der Waals surface area contributed by atoms with Gasteiger partial charge in [-0.05, 0) is 56.9 Å². The van der Waals surface area contributed by atoms with Crippen LogP contribution in [0.3, 0.4) is 0 Å². The molecule has 0 spiro atoms. The third kappa shape index (κ3) is 1.63. The van der Waals surface area contributed by atoms with Gasteiger partial charge in [-0.1, -0.05) is 6.42 Å². The van der Waals surface area contributed by atoms with Crippen molar-refractivity contribution < 1.29 is 0 Å². The monoisotopic (exact) mass is 179 g/mol. The summed E-state index contributed by atoms with van der Waals surface area (Å²) in [5.74, 6) is 2.20. The second-order valence-corrected chi connectivity index (χ2v) is 5.34. The summed E-state index contributed by atoms with van der Waals surface area (Å²) in [6.45, 7) is 2.86. The van der Waals surface area contributed by atoms with Crippen LogP contribution in [0.5, 0.6) is 0 Å². The normalized spacial score (nSPS) is 36.5. The summed E-state index contributed by atoms with van der Waals surface area (Å²) in [6.07, 6.45) is 10.6. The molecule has 13 heavy (non-hydrogen) atoms. The van der Waals surface area contributed by atoms with Crippen molar-refractivity contribution in [1.29, 1.82) is 0 Å². The van der Waals surface area contributed by atoms with E-state index in [0.717, 1.165) is 17.9 Å². The molecule has 0 N–H and O–H groups in total. The van der Waals surface area contributed by atoms with Gasteiger partial charge in [-0.3, -0.25) is 4.90 Å². The van der Waals surface area contributed by atoms with Gasteiger partial charge in [0.05, 0.1) is 0 Å². The first-order valence-corrected chi connectivity index (χ1v) is 6.17. The van der Waals surface area contributed by atoms with Gasteiger partial charge in [0.15, 0.2) is 0 Å². The highest BCUT2D eigenvalue weighted by molar-refractivity contribution is 4.93. The summed E-state index contributed by atoms with van der Waals surface area (Å²) in [4.78, 5) is 2.82. The van der Waals surface area contributed by atoms with Crippen LogP contribution in [0.4, 0.5) is 0 Å². The van der Waals surface area contributed by atoms with Crippen LogP contribution in [0.25, 0.3) is 0 Å². The highest BCUT2D eigenvalue weighted by atomic mass is 15.2. The van der Waals surface area contributed by atoms with Crippen molar-refractivity contribution >= 4 is 0 Å². The fraction of sp³-hybridized carbons (Fsp3) is 1.00. The van der Waals surface area contributed by atoms with Crippen LogP contribution in [0.15, 0.2) is 0 Å². The molecule has 2 aliphatic carbocycles. The molecule has 0 aromatic carbocycles. The van der Waals surface area contributed by atoms with Crippen molar-refractivity contribution in [1.82, 2.24) is 4.90 Å². The lowest BCUT2D eigenvalue weighted by molar-refractivity contribution is 0.155. The Bertz CT molecular complexity index is 182. The van der Waals surface area contributed by atoms with Gasteiger partial charge in [0.2, 0.25) is 0 Å². The smallest absolute Gasteiger partial charge is 0.0124 e. The second-order valence-electron chi connectivity index (χ2n) is 5.34. The molecule has 1 unspecified atom stereocenters. The maximum Gasteiger partial charge on any atom is 0.0124 e. The number of hydrogen-bond acceptors (Lipinski definition) is 1. The third-order valence-electron chi connectivity index (χ3n) is 4.30. The predicted molar refractivity (Wildman–Crippen MR) is 54.7 cm³/mol. The molecule has 1 aliphatic heterocycles. The Morgan fingerprint density at radius 1 is 0.923 bits per heavy atom. The minimum absolute atomic E-state index is 1.01. The van der Waals surface area contributed by atoms with Crippen LogP contribution < -0.4 is 0 Å². The number of rotatable bonds is 3. The van der Waals surface area contributed by atoms with E-state index in [1.54, 1.807) is 0 Å². The molecule has 0 amide bonds. The third-order valence-corrected chi connectivity index (χ3v) is 4.30. The van der Waals surface area contributed by atoms with Crippen LogP contribution in [0.2, 0.25) is 0 Å². The molecule has 0 aromatic heterocycles.